The number of amides is 1. The first kappa shape index (κ1) is 16.8. The van der Waals surface area contributed by atoms with E-state index in [-0.39, 0.29) is 6.54 Å². The minimum atomic E-state index is -1.51. The molecule has 0 aromatic carbocycles. The quantitative estimate of drug-likeness (QED) is 0.407. The second kappa shape index (κ2) is 7.61. The van der Waals surface area contributed by atoms with Crippen LogP contribution in [-0.4, -0.2) is 69.8 Å². The maximum Gasteiger partial charge on any atom is 0.251 e. The number of hydrogen-bond donors (Lipinski definition) is 5. The highest BCUT2D eigenvalue weighted by Crippen LogP contribution is 2.20. The summed E-state index contributed by atoms with van der Waals surface area (Å²) in [6.45, 7) is 0.247. The number of ether oxygens (including phenoxy) is 1. The summed E-state index contributed by atoms with van der Waals surface area (Å²) in [7, 11) is 0. The van der Waals surface area contributed by atoms with Crippen LogP contribution in [0.5, 0.6) is 0 Å². The Hall–Kier alpha value is -1.58. The summed E-state index contributed by atoms with van der Waals surface area (Å²) in [5.41, 5.74) is 6.24. The van der Waals surface area contributed by atoms with E-state index in [1.807, 2.05) is 12.1 Å². The molecule has 0 spiro atoms. The molecule has 0 unspecified atom stereocenters. The molecule has 2 heterocycles. The van der Waals surface area contributed by atoms with Crippen LogP contribution >= 0.6 is 0 Å². The predicted octanol–water partition coefficient (Wildman–Crippen LogP) is -2.45. The number of nitrogens with one attached hydrogen (secondary N) is 1. The average Bonchev–Trinajstić information content (AvgIpc) is 2.54. The maximum absolute atomic E-state index is 12.1. The molecule has 1 saturated heterocycles. The van der Waals surface area contributed by atoms with E-state index in [2.05, 4.69) is 10.3 Å². The van der Waals surface area contributed by atoms with Crippen LogP contribution in [0.3, 0.4) is 0 Å². The molecule has 6 N–H and O–H groups in total. The van der Waals surface area contributed by atoms with Crippen molar-refractivity contribution in [1.82, 2.24) is 10.3 Å². The molecule has 5 atom stereocenters. The van der Waals surface area contributed by atoms with Crippen molar-refractivity contribution < 1.29 is 24.9 Å². The summed E-state index contributed by atoms with van der Waals surface area (Å²) in [6.07, 6.45) is -4.28. The lowest BCUT2D eigenvalue weighted by molar-refractivity contribution is -0.217. The van der Waals surface area contributed by atoms with Gasteiger partial charge in [0.2, 0.25) is 0 Å². The number of pyridine rings is 1. The molecular formula is C14H21N3O5. The zero-order chi connectivity index (χ0) is 16.1. The van der Waals surface area contributed by atoms with Crippen LogP contribution in [-0.2, 0) is 16.0 Å². The fraction of sp³-hybridized carbons (Fsp3) is 0.571. The Morgan fingerprint density at radius 1 is 1.27 bits per heavy atom. The van der Waals surface area contributed by atoms with Gasteiger partial charge in [-0.2, -0.15) is 0 Å². The molecule has 1 aromatic heterocycles. The number of nitrogens with zero attached hydrogens (tertiary/aromatic N) is 1. The van der Waals surface area contributed by atoms with Crippen molar-refractivity contribution in [3.05, 3.63) is 30.1 Å². The average molecular weight is 311 g/mol. The standard InChI is InChI=1S/C14H21N3O5/c15-7-9-10(18)11(19)12(20)13(22-9)14(21)17-6-4-8-3-1-2-5-16-8/h1-3,5,9-13,18-20H,4,6-7,15H2,(H,17,21)/t9-,10-,11+,12+,13-/m0/s1. The first-order chi connectivity index (χ1) is 10.5. The molecule has 0 aliphatic carbocycles. The van der Waals surface area contributed by atoms with E-state index < -0.39 is 36.4 Å². The van der Waals surface area contributed by atoms with E-state index >= 15 is 0 Å². The maximum atomic E-state index is 12.1. The van der Waals surface area contributed by atoms with Gasteiger partial charge in [0.1, 0.15) is 18.3 Å². The fourth-order valence-electron chi connectivity index (χ4n) is 2.32. The smallest absolute Gasteiger partial charge is 0.251 e. The summed E-state index contributed by atoms with van der Waals surface area (Å²) in [6, 6.07) is 5.48. The lowest BCUT2D eigenvalue weighted by Gasteiger charge is -2.39. The Labute approximate surface area is 127 Å². The Bertz CT molecular complexity index is 485. The molecule has 1 amide bonds. The Morgan fingerprint density at radius 3 is 2.68 bits per heavy atom. The van der Waals surface area contributed by atoms with Crippen LogP contribution < -0.4 is 11.1 Å². The van der Waals surface area contributed by atoms with E-state index in [0.717, 1.165) is 5.69 Å². The van der Waals surface area contributed by atoms with Crippen LogP contribution in [0.15, 0.2) is 24.4 Å². The second-order valence-electron chi connectivity index (χ2n) is 5.16. The summed E-state index contributed by atoms with van der Waals surface area (Å²) < 4.78 is 5.28. The molecule has 2 rings (SSSR count). The first-order valence-corrected chi connectivity index (χ1v) is 7.12. The van der Waals surface area contributed by atoms with Crippen molar-refractivity contribution in [2.75, 3.05) is 13.1 Å². The van der Waals surface area contributed by atoms with Gasteiger partial charge in [-0.25, -0.2) is 0 Å². The van der Waals surface area contributed by atoms with E-state index in [1.165, 1.54) is 0 Å². The minimum Gasteiger partial charge on any atom is -0.388 e. The number of nitrogens with two attached hydrogens (primary N) is 1. The first-order valence-electron chi connectivity index (χ1n) is 7.12. The lowest BCUT2D eigenvalue weighted by Crippen LogP contribution is -2.63. The molecule has 8 nitrogen and oxygen atoms in total. The zero-order valence-electron chi connectivity index (χ0n) is 12.0. The molecule has 1 fully saturated rings. The van der Waals surface area contributed by atoms with Crippen LogP contribution in [0, 0.1) is 0 Å². The summed E-state index contributed by atoms with van der Waals surface area (Å²) in [5, 5.41) is 31.9. The molecule has 22 heavy (non-hydrogen) atoms. The predicted molar refractivity (Wildman–Crippen MR) is 76.7 cm³/mol. The highest BCUT2D eigenvalue weighted by atomic mass is 16.5. The van der Waals surface area contributed by atoms with Gasteiger partial charge in [0.25, 0.3) is 5.91 Å². The SMILES string of the molecule is NC[C@@H]1O[C@H](C(=O)NCCc2ccccn2)[C@H](O)[C@H](O)[C@H]1O. The van der Waals surface area contributed by atoms with Crippen LogP contribution in [0.1, 0.15) is 5.69 Å². The van der Waals surface area contributed by atoms with Crippen molar-refractivity contribution in [3.63, 3.8) is 0 Å². The van der Waals surface area contributed by atoms with E-state index in [1.54, 1.807) is 12.3 Å². The van der Waals surface area contributed by atoms with Gasteiger partial charge >= 0.3 is 0 Å². The lowest BCUT2D eigenvalue weighted by atomic mass is 9.94. The van der Waals surface area contributed by atoms with Crippen molar-refractivity contribution >= 4 is 5.91 Å². The topological polar surface area (TPSA) is 138 Å². The highest BCUT2D eigenvalue weighted by molar-refractivity contribution is 5.81. The van der Waals surface area contributed by atoms with Crippen molar-refractivity contribution in [3.8, 4) is 0 Å². The van der Waals surface area contributed by atoms with E-state index in [9.17, 15) is 20.1 Å². The number of carbonyl (C=O) groups is 1. The van der Waals surface area contributed by atoms with Crippen LogP contribution in [0.4, 0.5) is 0 Å². The highest BCUT2D eigenvalue weighted by Gasteiger charge is 2.45. The third kappa shape index (κ3) is 3.79. The molecule has 8 heteroatoms. The monoisotopic (exact) mass is 311 g/mol. The Balaban J connectivity index is 1.88. The molecule has 1 aliphatic heterocycles. The normalized spacial score (nSPS) is 31.7. The number of aliphatic hydroxyl groups is 3. The molecule has 0 saturated carbocycles. The fourth-order valence-corrected chi connectivity index (χ4v) is 2.32. The molecular weight excluding hydrogens is 290 g/mol. The second-order valence-corrected chi connectivity index (χ2v) is 5.16. The number of aliphatic hydroxyl groups excluding tert-OH is 3. The molecule has 0 bridgehead atoms. The van der Waals surface area contributed by atoms with Crippen molar-refractivity contribution in [2.24, 2.45) is 5.73 Å². The van der Waals surface area contributed by atoms with Gasteiger partial charge in [-0.1, -0.05) is 6.07 Å². The number of rotatable bonds is 5. The summed E-state index contributed by atoms with van der Waals surface area (Å²) in [4.78, 5) is 16.2. The largest absolute Gasteiger partial charge is 0.388 e. The summed E-state index contributed by atoms with van der Waals surface area (Å²) >= 11 is 0. The van der Waals surface area contributed by atoms with Crippen LogP contribution in [0.2, 0.25) is 0 Å². The van der Waals surface area contributed by atoms with E-state index in [0.29, 0.717) is 13.0 Å². The Kier molecular flexibility index (Phi) is 5.81. The number of aromatic nitrogens is 1. The van der Waals surface area contributed by atoms with Crippen molar-refractivity contribution in [1.29, 1.82) is 0 Å². The Morgan fingerprint density at radius 2 is 2.05 bits per heavy atom. The van der Waals surface area contributed by atoms with Crippen LogP contribution in [0.25, 0.3) is 0 Å². The summed E-state index contributed by atoms with van der Waals surface area (Å²) in [5.74, 6) is -0.562. The van der Waals surface area contributed by atoms with Gasteiger partial charge in [0, 0.05) is 31.4 Å². The number of carbonyl (C=O) groups excluding carboxylic acids is 1. The third-order valence-corrected chi connectivity index (χ3v) is 3.61. The van der Waals surface area contributed by atoms with Gasteiger partial charge in [0.05, 0.1) is 6.10 Å². The van der Waals surface area contributed by atoms with Gasteiger partial charge < -0.3 is 31.1 Å². The molecule has 122 valence electrons. The van der Waals surface area contributed by atoms with Gasteiger partial charge in [0.15, 0.2) is 6.10 Å². The molecule has 1 aromatic rings. The van der Waals surface area contributed by atoms with Gasteiger partial charge in [-0.15, -0.1) is 0 Å². The van der Waals surface area contributed by atoms with Gasteiger partial charge in [-0.3, -0.25) is 9.78 Å². The zero-order valence-corrected chi connectivity index (χ0v) is 12.0. The minimum absolute atomic E-state index is 0.0668. The third-order valence-electron chi connectivity index (χ3n) is 3.61. The van der Waals surface area contributed by atoms with E-state index in [4.69, 9.17) is 10.5 Å². The molecule has 0 radical (unpaired) electrons. The molecule has 1 aliphatic rings. The number of hydrogen-bond acceptors (Lipinski definition) is 7. The van der Waals surface area contributed by atoms with Gasteiger partial charge in [-0.05, 0) is 12.1 Å². The van der Waals surface area contributed by atoms with Crippen molar-refractivity contribution in [2.45, 2.75) is 36.9 Å².